The van der Waals surface area contributed by atoms with Gasteiger partial charge in [-0.2, -0.15) is 9.29 Å². The number of aliphatic hydroxyl groups excluding tert-OH is 2. The number of nitrogen functional groups attached to an aromatic ring is 1. The minimum absolute atomic E-state index is 0.0472. The van der Waals surface area contributed by atoms with Crippen LogP contribution in [0.4, 0.5) is 5.82 Å². The highest BCUT2D eigenvalue weighted by Crippen LogP contribution is 2.60. The summed E-state index contributed by atoms with van der Waals surface area (Å²) in [5, 5.41) is 20.9. The molecule has 0 amide bonds. The summed E-state index contributed by atoms with van der Waals surface area (Å²) in [7, 11) is -10.8. The van der Waals surface area contributed by atoms with Crippen molar-refractivity contribution < 1.29 is 66.3 Å². The van der Waals surface area contributed by atoms with Gasteiger partial charge in [0.1, 0.15) is 30.7 Å². The number of carbonyl (C=O) groups is 2. The van der Waals surface area contributed by atoms with Crippen LogP contribution in [-0.4, -0.2) is 85.7 Å². The van der Waals surface area contributed by atoms with Crippen LogP contribution in [0.3, 0.4) is 0 Å². The lowest BCUT2D eigenvalue weighted by Crippen LogP contribution is -2.36. The molecule has 18 nitrogen and oxygen atoms in total. The molecule has 0 bridgehead atoms. The lowest BCUT2D eigenvalue weighted by Gasteiger charge is -2.21. The van der Waals surface area contributed by atoms with Crippen molar-refractivity contribution in [2.24, 2.45) is 5.92 Å². The molecule has 1 aliphatic heterocycles. The van der Waals surface area contributed by atoms with Crippen molar-refractivity contribution in [3.05, 3.63) is 47.1 Å². The van der Waals surface area contributed by atoms with E-state index in [0.717, 1.165) is 75.0 Å². The first-order chi connectivity index (χ1) is 30.5. The van der Waals surface area contributed by atoms with Gasteiger partial charge in [-0.3, -0.25) is 23.2 Å². The predicted molar refractivity (Wildman–Crippen MR) is 243 cm³/mol. The van der Waals surface area contributed by atoms with Crippen LogP contribution in [0, 0.1) is 5.92 Å². The summed E-state index contributed by atoms with van der Waals surface area (Å²) in [6, 6.07) is 1.25. The van der Waals surface area contributed by atoms with Gasteiger partial charge in [-0.25, -0.2) is 13.9 Å². The Morgan fingerprint density at radius 1 is 0.797 bits per heavy atom. The molecule has 3 unspecified atom stereocenters. The number of esters is 2. The molecular weight excluding hydrogens is 872 g/mol. The quantitative estimate of drug-likeness (QED) is 0.0181. The molecule has 1 fully saturated rings. The van der Waals surface area contributed by atoms with E-state index in [2.05, 4.69) is 54.4 Å². The number of unbranched alkanes of at least 4 members (excludes halogenated alkanes) is 16. The minimum atomic E-state index is -5.42. The number of rotatable bonds is 37. The second kappa shape index (κ2) is 32.8. The van der Waals surface area contributed by atoms with Crippen LogP contribution >= 0.6 is 15.6 Å². The van der Waals surface area contributed by atoms with Crippen molar-refractivity contribution in [2.45, 2.75) is 193 Å². The van der Waals surface area contributed by atoms with Gasteiger partial charge in [0.25, 0.3) is 0 Å². The number of nitrogens with zero attached hydrogens (tertiary/aromatic N) is 2. The number of hydrogen-bond donors (Lipinski definition) is 5. The number of aliphatic hydroxyl groups is 2. The number of anilines is 1. The fourth-order valence-electron chi connectivity index (χ4n) is 6.84. The molecule has 368 valence electrons. The molecule has 2 rings (SSSR count). The van der Waals surface area contributed by atoms with E-state index in [1.165, 1.54) is 57.4 Å². The summed E-state index contributed by atoms with van der Waals surface area (Å²) < 4.78 is 56.6. The van der Waals surface area contributed by atoms with Crippen molar-refractivity contribution in [3.63, 3.8) is 0 Å². The highest BCUT2D eigenvalue weighted by Gasteiger charge is 2.46. The number of aromatic nitrogens is 2. The maximum atomic E-state index is 12.8. The molecule has 0 spiro atoms. The highest BCUT2D eigenvalue weighted by molar-refractivity contribution is 7.61. The average Bonchev–Trinajstić information content (AvgIpc) is 3.51. The molecule has 20 heteroatoms. The van der Waals surface area contributed by atoms with Crippen LogP contribution in [0.1, 0.15) is 168 Å². The molecule has 0 saturated carbocycles. The standard InChI is InChI=1S/C44H77N3O15P2/c1-4-5-6-7-8-9-10-11-12-13-14-15-19-22-25-28-39(48)57-32-36(60-40(49)29-26-23-20-17-16-18-21-24-27-35(2)3)33-58-63(53,54)62-64(55,56)59-34-37-41(50)42(51)43(61-37)47-31-30-38(45)46-44(47)52/h9-12,30-31,35-37,41-43,50-51H,4-8,13-29,32-34H2,1-3H3,(H,53,54)(H,55,56)(H2,45,46,52)/b10-9-,12-11-/t36-,37-,41+,42?,43-/m1/s1. The third-order valence-electron chi connectivity index (χ3n) is 10.5. The number of hydrogen-bond acceptors (Lipinski definition) is 15. The number of allylic oxidation sites excluding steroid dienone is 4. The number of nitrogens with two attached hydrogens (primary N) is 1. The summed E-state index contributed by atoms with van der Waals surface area (Å²) in [6.07, 6.45) is 23.0. The van der Waals surface area contributed by atoms with E-state index in [1.807, 2.05) is 0 Å². The normalized spacial score (nSPS) is 20.2. The van der Waals surface area contributed by atoms with Gasteiger partial charge in [0.2, 0.25) is 0 Å². The largest absolute Gasteiger partial charge is 0.481 e. The minimum Gasteiger partial charge on any atom is -0.462 e. The third kappa shape index (κ3) is 26.4. The molecule has 64 heavy (non-hydrogen) atoms. The van der Waals surface area contributed by atoms with Gasteiger partial charge in [0.05, 0.1) is 13.2 Å². The zero-order valence-corrected chi connectivity index (χ0v) is 40.0. The van der Waals surface area contributed by atoms with Crippen LogP contribution in [0.25, 0.3) is 0 Å². The Hall–Kier alpha value is -2.76. The molecule has 1 aliphatic rings. The zero-order chi connectivity index (χ0) is 47.2. The third-order valence-corrected chi connectivity index (χ3v) is 13.1. The molecule has 0 aromatic carbocycles. The predicted octanol–water partition coefficient (Wildman–Crippen LogP) is 8.52. The lowest BCUT2D eigenvalue weighted by atomic mass is 10.0. The van der Waals surface area contributed by atoms with Gasteiger partial charge >= 0.3 is 33.3 Å². The average molecular weight is 950 g/mol. The SMILES string of the molecule is CCCCCC/C=C\C=C/CCCCCCCC(=O)OC[C@H](COP(=O)(O)OP(=O)(O)OC[C@H]1O[C@@H](n2ccc(N)nc2=O)C(O)[C@H]1O)OC(=O)CCCCCCCCCCC(C)C. The van der Waals surface area contributed by atoms with E-state index < -0.39 is 83.7 Å². The first-order valence-electron chi connectivity index (χ1n) is 23.2. The van der Waals surface area contributed by atoms with Crippen molar-refractivity contribution in [1.29, 1.82) is 0 Å². The monoisotopic (exact) mass is 949 g/mol. The van der Waals surface area contributed by atoms with Crippen LogP contribution in [0.5, 0.6) is 0 Å². The smallest absolute Gasteiger partial charge is 0.462 e. The van der Waals surface area contributed by atoms with E-state index in [-0.39, 0.29) is 18.7 Å². The van der Waals surface area contributed by atoms with Crippen LogP contribution < -0.4 is 11.4 Å². The number of phosphoric ester groups is 2. The Kier molecular flexibility index (Phi) is 29.4. The van der Waals surface area contributed by atoms with Crippen molar-refractivity contribution in [3.8, 4) is 0 Å². The van der Waals surface area contributed by atoms with Crippen molar-refractivity contribution in [1.82, 2.24) is 9.55 Å². The second-order valence-corrected chi connectivity index (χ2v) is 19.8. The van der Waals surface area contributed by atoms with E-state index in [0.29, 0.717) is 18.8 Å². The van der Waals surface area contributed by atoms with Gasteiger partial charge in [0, 0.05) is 19.0 Å². The summed E-state index contributed by atoms with van der Waals surface area (Å²) in [5.41, 5.74) is 4.58. The maximum absolute atomic E-state index is 12.8. The van der Waals surface area contributed by atoms with E-state index >= 15 is 0 Å². The Morgan fingerprint density at radius 2 is 1.34 bits per heavy atom. The molecule has 7 atom stereocenters. The van der Waals surface area contributed by atoms with Crippen LogP contribution in [0.2, 0.25) is 0 Å². The van der Waals surface area contributed by atoms with Gasteiger partial charge in [-0.05, 0) is 50.5 Å². The molecule has 1 aromatic rings. The Labute approximate surface area is 379 Å². The van der Waals surface area contributed by atoms with Crippen molar-refractivity contribution >= 4 is 33.4 Å². The molecule has 1 saturated heterocycles. The van der Waals surface area contributed by atoms with Gasteiger partial charge in [-0.1, -0.05) is 135 Å². The van der Waals surface area contributed by atoms with Crippen LogP contribution in [0.15, 0.2) is 41.4 Å². The summed E-state index contributed by atoms with van der Waals surface area (Å²) in [5.74, 6) is -0.603. The molecule has 0 aliphatic carbocycles. The second-order valence-electron chi connectivity index (χ2n) is 16.8. The number of ether oxygens (including phenoxy) is 3. The number of phosphoric acid groups is 2. The molecule has 2 heterocycles. The summed E-state index contributed by atoms with van der Waals surface area (Å²) in [4.78, 5) is 61.7. The number of carbonyl (C=O) groups excluding carboxylic acids is 2. The van der Waals surface area contributed by atoms with Crippen LogP contribution in [-0.2, 0) is 46.3 Å². The van der Waals surface area contributed by atoms with E-state index in [9.17, 15) is 43.5 Å². The maximum Gasteiger partial charge on any atom is 0.481 e. The van der Waals surface area contributed by atoms with E-state index in [4.69, 9.17) is 29.0 Å². The Morgan fingerprint density at radius 3 is 1.94 bits per heavy atom. The zero-order valence-electron chi connectivity index (χ0n) is 38.3. The molecule has 0 radical (unpaired) electrons. The fraction of sp³-hybridized carbons (Fsp3) is 0.773. The van der Waals surface area contributed by atoms with E-state index in [1.54, 1.807) is 0 Å². The first kappa shape index (κ1) is 57.4. The summed E-state index contributed by atoms with van der Waals surface area (Å²) in [6.45, 7) is 4.34. The summed E-state index contributed by atoms with van der Waals surface area (Å²) >= 11 is 0. The Balaban J connectivity index is 1.83. The van der Waals surface area contributed by atoms with Gasteiger partial charge in [0.15, 0.2) is 12.3 Å². The van der Waals surface area contributed by atoms with Crippen molar-refractivity contribution in [2.75, 3.05) is 25.6 Å². The first-order valence-corrected chi connectivity index (χ1v) is 26.2. The molecular formula is C44H77N3O15P2. The topological polar surface area (TPSA) is 265 Å². The highest BCUT2D eigenvalue weighted by atomic mass is 31.3. The fourth-order valence-corrected chi connectivity index (χ4v) is 8.95. The molecule has 6 N–H and O–H groups in total. The van der Waals surface area contributed by atoms with Gasteiger partial charge < -0.3 is 39.9 Å². The van der Waals surface area contributed by atoms with Gasteiger partial charge in [-0.15, -0.1) is 0 Å². The lowest BCUT2D eigenvalue weighted by molar-refractivity contribution is -0.161. The molecule has 1 aromatic heterocycles. The Bertz CT molecular complexity index is 1680.